The Morgan fingerprint density at radius 2 is 2.24 bits per heavy atom. The molecule has 0 unspecified atom stereocenters. The van der Waals surface area contributed by atoms with Crippen LogP contribution in [0.2, 0.25) is 0 Å². The van der Waals surface area contributed by atoms with E-state index in [1.54, 1.807) is 12.5 Å². The molecule has 21 heavy (non-hydrogen) atoms. The van der Waals surface area contributed by atoms with Crippen molar-refractivity contribution in [2.24, 2.45) is 0 Å². The fourth-order valence-electron chi connectivity index (χ4n) is 3.46. The van der Waals surface area contributed by atoms with Crippen molar-refractivity contribution in [3.05, 3.63) is 46.2 Å². The van der Waals surface area contributed by atoms with Crippen molar-refractivity contribution >= 4 is 21.8 Å². The zero-order valence-electron chi connectivity index (χ0n) is 11.5. The molecule has 4 rings (SSSR count). The first kappa shape index (κ1) is 13.0. The van der Waals surface area contributed by atoms with Crippen molar-refractivity contribution in [3.8, 4) is 0 Å². The molecule has 0 aromatic carbocycles. The molecule has 1 spiro atoms. The van der Waals surface area contributed by atoms with Crippen molar-refractivity contribution in [3.63, 3.8) is 0 Å². The van der Waals surface area contributed by atoms with Gasteiger partial charge in [0, 0.05) is 29.3 Å². The zero-order chi connectivity index (χ0) is 14.4. The van der Waals surface area contributed by atoms with Crippen LogP contribution in [0.5, 0.6) is 0 Å². The van der Waals surface area contributed by atoms with Crippen molar-refractivity contribution in [1.82, 2.24) is 19.9 Å². The Kier molecular flexibility index (Phi) is 2.89. The van der Waals surface area contributed by atoms with Gasteiger partial charge in [-0.2, -0.15) is 0 Å². The molecule has 1 amide bonds. The number of nitrogens with one attached hydrogen (secondary N) is 1. The maximum Gasteiger partial charge on any atom is 0.274 e. The smallest absolute Gasteiger partial charge is 0.274 e. The number of amides is 1. The number of nitrogens with zero attached hydrogens (tertiary/aromatic N) is 3. The zero-order valence-corrected chi connectivity index (χ0v) is 13.1. The average Bonchev–Trinajstić information content (AvgIpc) is 2.92. The molecule has 1 saturated carbocycles. The molecule has 0 bridgehead atoms. The number of rotatable bonds is 1. The highest BCUT2D eigenvalue weighted by atomic mass is 79.9. The van der Waals surface area contributed by atoms with Crippen LogP contribution in [-0.4, -0.2) is 32.3 Å². The Balaban J connectivity index is 1.76. The van der Waals surface area contributed by atoms with Crippen LogP contribution in [0.1, 0.15) is 41.1 Å². The molecule has 2 aromatic heterocycles. The summed E-state index contributed by atoms with van der Waals surface area (Å²) < 4.78 is 0.747. The Labute approximate surface area is 130 Å². The minimum Gasteiger partial charge on any atom is -0.348 e. The second-order valence-electron chi connectivity index (χ2n) is 5.66. The van der Waals surface area contributed by atoms with Crippen molar-refractivity contribution in [2.75, 3.05) is 6.54 Å². The molecule has 5 nitrogen and oxygen atoms in total. The van der Waals surface area contributed by atoms with Crippen LogP contribution < -0.4 is 0 Å². The molecule has 2 aromatic rings. The summed E-state index contributed by atoms with van der Waals surface area (Å²) in [5, 5.41) is 0. The van der Waals surface area contributed by atoms with E-state index in [0.29, 0.717) is 5.69 Å². The van der Waals surface area contributed by atoms with Gasteiger partial charge in [0.2, 0.25) is 0 Å². The Hall–Kier alpha value is -1.69. The van der Waals surface area contributed by atoms with Crippen molar-refractivity contribution in [2.45, 2.75) is 31.2 Å². The van der Waals surface area contributed by atoms with Gasteiger partial charge in [-0.25, -0.2) is 9.97 Å². The van der Waals surface area contributed by atoms with Crippen LogP contribution in [0.4, 0.5) is 0 Å². The van der Waals surface area contributed by atoms with Gasteiger partial charge in [0.15, 0.2) is 0 Å². The standard InChI is InChI=1S/C15H15BrN4O/c16-10-3-1-7-17-12(10)14(21)20-8-4-11-13(19-9-18-11)15(20)5-2-6-15/h1,3,7,9H,2,4-6,8H2,(H,18,19). The van der Waals surface area contributed by atoms with Gasteiger partial charge in [0.05, 0.1) is 17.6 Å². The summed E-state index contributed by atoms with van der Waals surface area (Å²) in [5.41, 5.74) is 2.50. The quantitative estimate of drug-likeness (QED) is 0.863. The molecule has 0 saturated heterocycles. The fraction of sp³-hybridized carbons (Fsp3) is 0.400. The summed E-state index contributed by atoms with van der Waals surface area (Å²) in [6.45, 7) is 0.719. The van der Waals surface area contributed by atoms with Crippen LogP contribution in [0.3, 0.4) is 0 Å². The van der Waals surface area contributed by atoms with Crippen molar-refractivity contribution in [1.29, 1.82) is 0 Å². The molecular weight excluding hydrogens is 332 g/mol. The average molecular weight is 347 g/mol. The molecule has 3 heterocycles. The highest BCUT2D eigenvalue weighted by molar-refractivity contribution is 9.10. The summed E-state index contributed by atoms with van der Waals surface area (Å²) in [5.74, 6) is -0.00387. The van der Waals surface area contributed by atoms with E-state index >= 15 is 0 Å². The summed E-state index contributed by atoms with van der Waals surface area (Å²) in [7, 11) is 0. The topological polar surface area (TPSA) is 61.9 Å². The predicted octanol–water partition coefficient (Wildman–Crippen LogP) is 2.64. The van der Waals surface area contributed by atoms with E-state index < -0.39 is 0 Å². The summed E-state index contributed by atoms with van der Waals surface area (Å²) in [6.07, 6.45) is 7.35. The lowest BCUT2D eigenvalue weighted by atomic mass is 9.70. The van der Waals surface area contributed by atoms with Gasteiger partial charge in [0.25, 0.3) is 5.91 Å². The van der Waals surface area contributed by atoms with Crippen molar-refractivity contribution < 1.29 is 4.79 Å². The molecule has 1 N–H and O–H groups in total. The lowest BCUT2D eigenvalue weighted by molar-refractivity contribution is 0.00401. The molecule has 0 atom stereocenters. The van der Waals surface area contributed by atoms with Gasteiger partial charge in [-0.1, -0.05) is 0 Å². The Morgan fingerprint density at radius 3 is 2.95 bits per heavy atom. The second-order valence-corrected chi connectivity index (χ2v) is 6.51. The lowest BCUT2D eigenvalue weighted by Crippen LogP contribution is -2.57. The van der Waals surface area contributed by atoms with E-state index in [4.69, 9.17) is 0 Å². The third-order valence-electron chi connectivity index (χ3n) is 4.65. The lowest BCUT2D eigenvalue weighted by Gasteiger charge is -2.51. The first-order valence-corrected chi connectivity index (χ1v) is 7.97. The number of aromatic amines is 1. The van der Waals surface area contributed by atoms with Crippen LogP contribution in [0, 0.1) is 0 Å². The predicted molar refractivity (Wildman–Crippen MR) is 80.8 cm³/mol. The number of carbonyl (C=O) groups is 1. The fourth-order valence-corrected chi connectivity index (χ4v) is 3.89. The monoisotopic (exact) mass is 346 g/mol. The van der Waals surface area contributed by atoms with Crippen LogP contribution in [0.15, 0.2) is 29.1 Å². The molecule has 0 radical (unpaired) electrons. The van der Waals surface area contributed by atoms with E-state index in [-0.39, 0.29) is 11.4 Å². The number of hydrogen-bond acceptors (Lipinski definition) is 3. The number of H-pyrrole nitrogens is 1. The highest BCUT2D eigenvalue weighted by Gasteiger charge is 2.51. The van der Waals surface area contributed by atoms with Crippen LogP contribution >= 0.6 is 15.9 Å². The van der Waals surface area contributed by atoms with Gasteiger partial charge in [-0.05, 0) is 47.3 Å². The number of fused-ring (bicyclic) bond motifs is 2. The molecule has 108 valence electrons. The minimum absolute atomic E-state index is 0.00387. The summed E-state index contributed by atoms with van der Waals surface area (Å²) in [6, 6.07) is 3.68. The Morgan fingerprint density at radius 1 is 1.38 bits per heavy atom. The normalized spacial score (nSPS) is 19.2. The third-order valence-corrected chi connectivity index (χ3v) is 5.29. The molecule has 6 heteroatoms. The van der Waals surface area contributed by atoms with E-state index in [9.17, 15) is 4.79 Å². The van der Waals surface area contributed by atoms with Crippen LogP contribution in [0.25, 0.3) is 0 Å². The molecule has 1 aliphatic heterocycles. The van der Waals surface area contributed by atoms with E-state index in [2.05, 4.69) is 30.9 Å². The molecule has 1 aliphatic carbocycles. The van der Waals surface area contributed by atoms with Crippen LogP contribution in [-0.2, 0) is 12.0 Å². The molecule has 1 fully saturated rings. The first-order valence-electron chi connectivity index (χ1n) is 7.17. The summed E-state index contributed by atoms with van der Waals surface area (Å²) >= 11 is 3.43. The number of pyridine rings is 1. The van der Waals surface area contributed by atoms with E-state index in [1.165, 1.54) is 5.69 Å². The molecular formula is C15H15BrN4O. The summed E-state index contributed by atoms with van der Waals surface area (Å²) in [4.78, 5) is 26.9. The van der Waals surface area contributed by atoms with Gasteiger partial charge < -0.3 is 9.88 Å². The SMILES string of the molecule is O=C(c1ncccc1Br)N1CCc2[nH]cnc2C12CCC2. The maximum atomic E-state index is 13.0. The van der Waals surface area contributed by atoms with E-state index in [1.807, 2.05) is 17.0 Å². The number of aromatic nitrogens is 3. The minimum atomic E-state index is -0.221. The number of halogens is 1. The largest absolute Gasteiger partial charge is 0.348 e. The number of imidazole rings is 1. The highest BCUT2D eigenvalue weighted by Crippen LogP contribution is 2.49. The van der Waals surface area contributed by atoms with Gasteiger partial charge in [0.1, 0.15) is 5.69 Å². The first-order chi connectivity index (χ1) is 10.2. The van der Waals surface area contributed by atoms with Gasteiger partial charge in [-0.15, -0.1) is 0 Å². The number of hydrogen-bond donors (Lipinski definition) is 1. The van der Waals surface area contributed by atoms with Gasteiger partial charge >= 0.3 is 0 Å². The van der Waals surface area contributed by atoms with E-state index in [0.717, 1.165) is 42.4 Å². The molecule has 2 aliphatic rings. The Bertz CT molecular complexity index is 707. The third kappa shape index (κ3) is 1.78. The second kappa shape index (κ2) is 4.66. The van der Waals surface area contributed by atoms with Gasteiger partial charge in [-0.3, -0.25) is 4.79 Å². The maximum absolute atomic E-state index is 13.0. The number of carbonyl (C=O) groups excluding carboxylic acids is 1.